The molecule has 1 atom stereocenters. The zero-order valence-electron chi connectivity index (χ0n) is 8.31. The summed E-state index contributed by atoms with van der Waals surface area (Å²) in [5.74, 6) is 0. The molecule has 1 rings (SSSR count). The third kappa shape index (κ3) is 2.67. The average Bonchev–Trinajstić information content (AvgIpc) is 2.41. The first-order chi connectivity index (χ1) is 6.15. The first kappa shape index (κ1) is 10.5. The lowest BCUT2D eigenvalue weighted by molar-refractivity contribution is 0.575. The monoisotopic (exact) mass is 200 g/mol. The Morgan fingerprint density at radius 2 is 2.31 bits per heavy atom. The Kier molecular flexibility index (Phi) is 3.69. The minimum absolute atomic E-state index is 0.0395. The molecule has 0 fully saturated rings. The van der Waals surface area contributed by atoms with Gasteiger partial charge in [0.05, 0.1) is 0 Å². The molecule has 0 aromatic carbocycles. The van der Waals surface area contributed by atoms with E-state index in [2.05, 4.69) is 24.1 Å². The highest BCUT2D eigenvalue weighted by atomic mass is 32.1. The molecule has 0 radical (unpaired) electrons. The molecule has 1 heterocycles. The van der Waals surface area contributed by atoms with Crippen molar-refractivity contribution in [2.75, 3.05) is 6.54 Å². The van der Waals surface area contributed by atoms with E-state index in [0.717, 1.165) is 23.5 Å². The van der Waals surface area contributed by atoms with Gasteiger partial charge < -0.3 is 10.3 Å². The molecule has 0 amide bonds. The number of nitrogens with one attached hydrogen (secondary N) is 2. The quantitative estimate of drug-likeness (QED) is 0.778. The van der Waals surface area contributed by atoms with E-state index in [1.165, 1.54) is 11.3 Å². The van der Waals surface area contributed by atoms with Crippen LogP contribution in [0.4, 0.5) is 0 Å². The molecule has 1 unspecified atom stereocenters. The lowest BCUT2D eigenvalue weighted by atomic mass is 10.2. The molecular weight excluding hydrogens is 184 g/mol. The molecule has 0 saturated carbocycles. The Hall–Kier alpha value is -0.610. The summed E-state index contributed by atoms with van der Waals surface area (Å²) < 4.78 is 0. The Morgan fingerprint density at radius 3 is 2.77 bits per heavy atom. The van der Waals surface area contributed by atoms with Crippen molar-refractivity contribution in [1.82, 2.24) is 10.3 Å². The molecule has 0 aliphatic rings. The minimum atomic E-state index is 0.0395. The Morgan fingerprint density at radius 1 is 1.62 bits per heavy atom. The van der Waals surface area contributed by atoms with E-state index in [1.54, 1.807) is 0 Å². The number of hydrogen-bond donors (Lipinski definition) is 2. The van der Waals surface area contributed by atoms with Crippen molar-refractivity contribution in [3.63, 3.8) is 0 Å². The summed E-state index contributed by atoms with van der Waals surface area (Å²) in [7, 11) is 0. The van der Waals surface area contributed by atoms with Crippen molar-refractivity contribution < 1.29 is 0 Å². The van der Waals surface area contributed by atoms with E-state index >= 15 is 0 Å². The predicted octanol–water partition coefficient (Wildman–Crippen LogP) is 1.81. The van der Waals surface area contributed by atoms with Gasteiger partial charge >= 0.3 is 4.87 Å². The number of thiazole rings is 1. The first-order valence-corrected chi connectivity index (χ1v) is 5.39. The van der Waals surface area contributed by atoms with Gasteiger partial charge in [-0.3, -0.25) is 4.79 Å². The van der Waals surface area contributed by atoms with Gasteiger partial charge in [0.2, 0.25) is 0 Å². The van der Waals surface area contributed by atoms with Gasteiger partial charge in [-0.1, -0.05) is 18.3 Å². The summed E-state index contributed by atoms with van der Waals surface area (Å²) in [5, 5.41) is 3.35. The van der Waals surface area contributed by atoms with Crippen molar-refractivity contribution in [1.29, 1.82) is 0 Å². The Labute approximate surface area is 82.2 Å². The molecule has 13 heavy (non-hydrogen) atoms. The zero-order chi connectivity index (χ0) is 9.84. The van der Waals surface area contributed by atoms with Crippen LogP contribution in [0, 0.1) is 6.92 Å². The third-order valence-corrected chi connectivity index (χ3v) is 3.12. The van der Waals surface area contributed by atoms with E-state index in [0.29, 0.717) is 0 Å². The second-order valence-corrected chi connectivity index (χ2v) is 4.19. The van der Waals surface area contributed by atoms with Crippen molar-refractivity contribution in [2.45, 2.75) is 33.2 Å². The van der Waals surface area contributed by atoms with Crippen LogP contribution in [0.5, 0.6) is 0 Å². The van der Waals surface area contributed by atoms with Crippen molar-refractivity contribution >= 4 is 11.3 Å². The highest BCUT2D eigenvalue weighted by Crippen LogP contribution is 2.17. The van der Waals surface area contributed by atoms with Crippen molar-refractivity contribution in [3.05, 3.63) is 20.2 Å². The Bertz CT molecular complexity index is 316. The second-order valence-electron chi connectivity index (χ2n) is 3.18. The molecule has 0 aliphatic carbocycles. The van der Waals surface area contributed by atoms with Crippen LogP contribution in [0.15, 0.2) is 4.79 Å². The highest BCUT2D eigenvalue weighted by Gasteiger charge is 2.10. The smallest absolute Gasteiger partial charge is 0.304 e. The van der Waals surface area contributed by atoms with E-state index in [-0.39, 0.29) is 10.9 Å². The Balaban J connectivity index is 2.70. The number of H-pyrrole nitrogens is 1. The van der Waals surface area contributed by atoms with Gasteiger partial charge in [0.15, 0.2) is 0 Å². The fourth-order valence-corrected chi connectivity index (χ4v) is 2.15. The van der Waals surface area contributed by atoms with Gasteiger partial charge in [0, 0.05) is 16.6 Å². The second kappa shape index (κ2) is 4.58. The topological polar surface area (TPSA) is 44.9 Å². The number of hydrogen-bond acceptors (Lipinski definition) is 3. The molecule has 3 nitrogen and oxygen atoms in total. The summed E-state index contributed by atoms with van der Waals surface area (Å²) in [6.07, 6.45) is 1.11. The van der Waals surface area contributed by atoms with E-state index in [9.17, 15) is 4.79 Å². The average molecular weight is 200 g/mol. The summed E-state index contributed by atoms with van der Waals surface area (Å²) in [6.45, 7) is 7.15. The molecule has 74 valence electrons. The van der Waals surface area contributed by atoms with Gasteiger partial charge in [0.25, 0.3) is 0 Å². The van der Waals surface area contributed by atoms with E-state index in [4.69, 9.17) is 0 Å². The van der Waals surface area contributed by atoms with Gasteiger partial charge in [-0.15, -0.1) is 0 Å². The third-order valence-electron chi connectivity index (χ3n) is 1.96. The van der Waals surface area contributed by atoms with Gasteiger partial charge in [-0.2, -0.15) is 0 Å². The summed E-state index contributed by atoms with van der Waals surface area (Å²) in [6, 6.07) is 0.281. The zero-order valence-corrected chi connectivity index (χ0v) is 9.12. The largest absolute Gasteiger partial charge is 0.317 e. The summed E-state index contributed by atoms with van der Waals surface area (Å²) in [5.41, 5.74) is 0.992. The van der Waals surface area contributed by atoms with E-state index in [1.807, 2.05) is 6.92 Å². The summed E-state index contributed by atoms with van der Waals surface area (Å²) in [4.78, 5) is 15.0. The predicted molar refractivity (Wildman–Crippen MR) is 56.4 cm³/mol. The highest BCUT2D eigenvalue weighted by molar-refractivity contribution is 7.09. The molecule has 0 aliphatic heterocycles. The minimum Gasteiger partial charge on any atom is -0.317 e. The maximum atomic E-state index is 11.0. The van der Waals surface area contributed by atoms with Crippen LogP contribution in [0.2, 0.25) is 0 Å². The molecule has 4 heteroatoms. The number of aryl methyl sites for hydroxylation is 1. The maximum Gasteiger partial charge on any atom is 0.304 e. The maximum absolute atomic E-state index is 11.0. The molecule has 0 spiro atoms. The SMILES string of the molecule is CCCNC(C)c1sc(=O)[nH]c1C. The lowest BCUT2D eigenvalue weighted by Crippen LogP contribution is -2.18. The van der Waals surface area contributed by atoms with Gasteiger partial charge in [-0.05, 0) is 26.8 Å². The molecule has 0 saturated heterocycles. The molecule has 1 aromatic heterocycles. The lowest BCUT2D eigenvalue weighted by Gasteiger charge is -2.11. The van der Waals surface area contributed by atoms with Crippen LogP contribution >= 0.6 is 11.3 Å². The van der Waals surface area contributed by atoms with Crippen molar-refractivity contribution in [2.24, 2.45) is 0 Å². The molecule has 1 aromatic rings. The van der Waals surface area contributed by atoms with Crippen molar-refractivity contribution in [3.8, 4) is 0 Å². The van der Waals surface area contributed by atoms with Crippen LogP contribution in [0.25, 0.3) is 0 Å². The number of aromatic amines is 1. The molecular formula is C9H16N2OS. The number of rotatable bonds is 4. The fraction of sp³-hybridized carbons (Fsp3) is 0.667. The van der Waals surface area contributed by atoms with Crippen LogP contribution < -0.4 is 10.2 Å². The summed E-state index contributed by atoms with van der Waals surface area (Å²) >= 11 is 1.30. The van der Waals surface area contributed by atoms with Gasteiger partial charge in [0.1, 0.15) is 0 Å². The fourth-order valence-electron chi connectivity index (χ4n) is 1.28. The van der Waals surface area contributed by atoms with E-state index < -0.39 is 0 Å². The first-order valence-electron chi connectivity index (χ1n) is 4.58. The normalized spacial score (nSPS) is 13.2. The van der Waals surface area contributed by atoms with Gasteiger partial charge in [-0.25, -0.2) is 0 Å². The molecule has 2 N–H and O–H groups in total. The number of aromatic nitrogens is 1. The van der Waals surface area contributed by atoms with Crippen LogP contribution in [0.1, 0.15) is 36.9 Å². The van der Waals surface area contributed by atoms with Crippen LogP contribution in [0.3, 0.4) is 0 Å². The van der Waals surface area contributed by atoms with Crippen LogP contribution in [-0.4, -0.2) is 11.5 Å². The molecule has 0 bridgehead atoms. The van der Waals surface area contributed by atoms with Crippen LogP contribution in [-0.2, 0) is 0 Å². The standard InChI is InChI=1S/C9H16N2OS/c1-4-5-10-6(2)8-7(3)11-9(12)13-8/h6,10H,4-5H2,1-3H3,(H,11,12).